The Hall–Kier alpha value is -3.68. The van der Waals surface area contributed by atoms with Gasteiger partial charge in [-0.15, -0.1) is 0 Å². The molecule has 0 N–H and O–H groups in total. The Morgan fingerprint density at radius 3 is 2.12 bits per heavy atom. The lowest BCUT2D eigenvalue weighted by Gasteiger charge is -2.28. The number of anilines is 1. The Morgan fingerprint density at radius 1 is 0.636 bits per heavy atom. The Bertz CT molecular complexity index is 1660. The predicted molar refractivity (Wildman–Crippen MR) is 141 cm³/mol. The van der Waals surface area contributed by atoms with Crippen LogP contribution in [0, 0.1) is 0 Å². The number of benzene rings is 5. The van der Waals surface area contributed by atoms with E-state index in [-0.39, 0.29) is 14.7 Å². The molecule has 0 aliphatic carbocycles. The van der Waals surface area contributed by atoms with Gasteiger partial charge in [-0.2, -0.15) is 0 Å². The van der Waals surface area contributed by atoms with Crippen LogP contribution in [0.25, 0.3) is 43.5 Å². The summed E-state index contributed by atoms with van der Waals surface area (Å²) < 4.78 is 12.2. The van der Waals surface area contributed by atoms with Crippen molar-refractivity contribution < 1.29 is 8.39 Å². The Morgan fingerprint density at radius 2 is 1.30 bits per heavy atom. The van der Waals surface area contributed by atoms with Gasteiger partial charge in [0.2, 0.25) is 8.67 Å². The number of hydrogen-bond acceptors (Lipinski definition) is 3. The van der Waals surface area contributed by atoms with Crippen LogP contribution in [0.1, 0.15) is 18.5 Å². The second-order valence-electron chi connectivity index (χ2n) is 8.46. The zero-order valence-electron chi connectivity index (χ0n) is 18.6. The van der Waals surface area contributed by atoms with Crippen LogP contribution in [0.5, 0.6) is 0 Å². The van der Waals surface area contributed by atoms with Crippen molar-refractivity contribution in [2.75, 3.05) is 11.9 Å². The van der Waals surface area contributed by atoms with Crippen molar-refractivity contribution in [1.29, 1.82) is 0 Å². The Balaban J connectivity index is 1.69. The maximum atomic E-state index is 6.10. The molecule has 5 aromatic carbocycles. The Labute approximate surface area is 193 Å². The first-order chi connectivity index (χ1) is 16.2. The molecule has 3 nitrogen and oxygen atoms in total. The molecule has 0 fully saturated rings. The van der Waals surface area contributed by atoms with Gasteiger partial charge in [-0.3, -0.25) is 0 Å². The zero-order chi connectivity index (χ0) is 22.4. The van der Waals surface area contributed by atoms with Gasteiger partial charge in [0.05, 0.1) is 6.04 Å². The molecule has 0 spiro atoms. The second-order valence-corrected chi connectivity index (χ2v) is 9.03. The van der Waals surface area contributed by atoms with Crippen LogP contribution in [0.4, 0.5) is 5.69 Å². The quantitative estimate of drug-likeness (QED) is 0.270. The summed E-state index contributed by atoms with van der Waals surface area (Å²) in [6, 6.07) is 34.4. The summed E-state index contributed by atoms with van der Waals surface area (Å²) in [6.07, 6.45) is 0. The molecule has 0 amide bonds. The largest absolute Gasteiger partial charge is 0.421 e. The summed E-state index contributed by atoms with van der Waals surface area (Å²) >= 11 is 0. The highest BCUT2D eigenvalue weighted by Crippen LogP contribution is 2.40. The van der Waals surface area contributed by atoms with Crippen molar-refractivity contribution in [3.8, 4) is 0 Å². The standard InChI is InChI=1S/C29H24NO2P/c1-19(20-9-4-3-5-10-20)30(2)25-14-8-13-24-23(25)16-18-27-29(24)28-22-12-7-6-11-21(22)15-17-26(28)31-33-32-27/h3-19,33H,1-2H3/t19-/m1/s1. The van der Waals surface area contributed by atoms with Crippen LogP contribution in [0.15, 0.2) is 105 Å². The van der Waals surface area contributed by atoms with E-state index in [1.807, 2.05) is 0 Å². The van der Waals surface area contributed by atoms with Crippen molar-refractivity contribution in [2.45, 2.75) is 13.0 Å². The van der Waals surface area contributed by atoms with E-state index in [4.69, 9.17) is 8.39 Å². The molecular formula is C29H24NO2P. The van der Waals surface area contributed by atoms with Gasteiger partial charge in [-0.25, -0.2) is 0 Å². The first-order valence-corrected chi connectivity index (χ1v) is 12.0. The molecule has 0 saturated heterocycles. The van der Waals surface area contributed by atoms with Gasteiger partial charge < -0.3 is 13.3 Å². The lowest BCUT2D eigenvalue weighted by Crippen LogP contribution is -2.21. The third-order valence-corrected chi connectivity index (χ3v) is 7.29. The molecule has 33 heavy (non-hydrogen) atoms. The highest BCUT2D eigenvalue weighted by molar-refractivity contribution is 7.15. The normalized spacial score (nSPS) is 12.7. The lowest BCUT2D eigenvalue weighted by atomic mass is 9.97. The first-order valence-electron chi connectivity index (χ1n) is 11.2. The summed E-state index contributed by atoms with van der Waals surface area (Å²) in [5.74, 6) is 0. The summed E-state index contributed by atoms with van der Waals surface area (Å²) in [5.41, 5.74) is 4.23. The minimum absolute atomic E-state index is 0.0697. The van der Waals surface area contributed by atoms with E-state index in [1.165, 1.54) is 32.8 Å². The SMILES string of the molecule is C[C@H](c1ccccc1)N(C)c1cccc2c1ccc1o[pH]oc3ccc4ccccc4c3c12. The molecule has 0 radical (unpaired) electrons. The van der Waals surface area contributed by atoms with Crippen LogP contribution >= 0.6 is 8.67 Å². The third kappa shape index (κ3) is 3.28. The molecule has 0 aliphatic heterocycles. The molecule has 6 aromatic rings. The van der Waals surface area contributed by atoms with E-state index < -0.39 is 0 Å². The zero-order valence-corrected chi connectivity index (χ0v) is 19.6. The van der Waals surface area contributed by atoms with Gasteiger partial charge in [0.1, 0.15) is 11.2 Å². The maximum Gasteiger partial charge on any atom is 0.201 e. The fourth-order valence-electron chi connectivity index (χ4n) is 4.84. The van der Waals surface area contributed by atoms with Gasteiger partial charge in [-0.1, -0.05) is 72.8 Å². The number of rotatable bonds is 3. The van der Waals surface area contributed by atoms with E-state index in [1.54, 1.807) is 0 Å². The summed E-state index contributed by atoms with van der Waals surface area (Å²) in [6.45, 7) is 2.25. The van der Waals surface area contributed by atoms with E-state index in [9.17, 15) is 0 Å². The molecule has 4 heteroatoms. The molecule has 2 atom stereocenters. The number of hydrogen-bond donors (Lipinski definition) is 0. The van der Waals surface area contributed by atoms with E-state index in [0.29, 0.717) is 0 Å². The molecule has 1 unspecified atom stereocenters. The van der Waals surface area contributed by atoms with Gasteiger partial charge in [-0.05, 0) is 52.9 Å². The fraction of sp³-hybridized carbons (Fsp3) is 0.103. The highest BCUT2D eigenvalue weighted by Gasteiger charge is 2.17. The van der Waals surface area contributed by atoms with Crippen LogP contribution in [0.3, 0.4) is 0 Å². The van der Waals surface area contributed by atoms with Crippen molar-refractivity contribution in [3.05, 3.63) is 103 Å². The maximum absolute atomic E-state index is 6.10. The fourth-order valence-corrected chi connectivity index (χ4v) is 5.40. The third-order valence-electron chi connectivity index (χ3n) is 6.69. The van der Waals surface area contributed by atoms with Crippen LogP contribution in [-0.4, -0.2) is 7.05 Å². The van der Waals surface area contributed by atoms with Gasteiger partial charge in [0, 0.05) is 28.9 Å². The number of fused-ring (bicyclic) bond motifs is 7. The topological polar surface area (TPSA) is 29.5 Å². The summed E-state index contributed by atoms with van der Waals surface area (Å²) in [4.78, 5) is 2.35. The summed E-state index contributed by atoms with van der Waals surface area (Å²) in [5, 5.41) is 6.95. The van der Waals surface area contributed by atoms with E-state index in [2.05, 4.69) is 116 Å². The van der Waals surface area contributed by atoms with Crippen molar-refractivity contribution >= 4 is 57.8 Å². The summed E-state index contributed by atoms with van der Waals surface area (Å²) in [7, 11) is 2.10. The average Bonchev–Trinajstić information content (AvgIpc) is 3.07. The van der Waals surface area contributed by atoms with Gasteiger partial charge in [0.25, 0.3) is 0 Å². The van der Waals surface area contributed by atoms with E-state index >= 15 is 0 Å². The van der Waals surface area contributed by atoms with Gasteiger partial charge in [0.15, 0.2) is 0 Å². The van der Waals surface area contributed by atoms with Crippen molar-refractivity contribution in [1.82, 2.24) is 0 Å². The minimum Gasteiger partial charge on any atom is -0.421 e. The molecule has 162 valence electrons. The van der Waals surface area contributed by atoms with Gasteiger partial charge >= 0.3 is 0 Å². The van der Waals surface area contributed by atoms with Crippen molar-refractivity contribution in [3.63, 3.8) is 0 Å². The molecular weight excluding hydrogens is 425 g/mol. The highest BCUT2D eigenvalue weighted by atomic mass is 31.1. The van der Waals surface area contributed by atoms with Crippen LogP contribution in [0.2, 0.25) is 0 Å². The molecule has 1 heterocycles. The van der Waals surface area contributed by atoms with E-state index in [0.717, 1.165) is 21.9 Å². The molecule has 0 bridgehead atoms. The Kier molecular flexibility index (Phi) is 4.86. The molecule has 0 aliphatic rings. The number of nitrogens with zero attached hydrogens (tertiary/aromatic N) is 1. The van der Waals surface area contributed by atoms with Crippen LogP contribution in [-0.2, 0) is 0 Å². The van der Waals surface area contributed by atoms with Crippen LogP contribution < -0.4 is 4.90 Å². The molecule has 6 rings (SSSR count). The molecule has 1 aromatic heterocycles. The van der Waals surface area contributed by atoms with Crippen molar-refractivity contribution in [2.24, 2.45) is 0 Å². The predicted octanol–water partition coefficient (Wildman–Crippen LogP) is 8.84. The average molecular weight is 449 g/mol. The smallest absolute Gasteiger partial charge is 0.201 e. The molecule has 0 saturated carbocycles. The minimum atomic E-state index is -0.0697. The first kappa shape index (κ1) is 20.0. The monoisotopic (exact) mass is 449 g/mol. The second kappa shape index (κ2) is 8.03. The lowest BCUT2D eigenvalue weighted by molar-refractivity contribution is 0.663.